The fraction of sp³-hybridized carbons (Fsp3) is 0.846. The van der Waals surface area contributed by atoms with Crippen LogP contribution in [0.5, 0.6) is 0 Å². The Hall–Kier alpha value is -1.20. The van der Waals surface area contributed by atoms with E-state index in [1.54, 1.807) is 27.7 Å². The standard InChI is InChI=1S/2C20H44O6Si3.2C17H38O6Si3.4CH4/c1-10-11-14-27(4,5)25-29(8,9)26-28(6,7)15-12-13-23-16-19(21)17-24-20(22)18(2)3;1-10-11-14-27(4,5)25-29(8,9)26-28(6,7)15-12-13-23-17-19(16-21)24-20(22)18(2)3;1-15(2)17(19)21-14-16(18)13-20-11-10-12-26(9,22-24(3,4)5)23-25(6,7)8;1-15(2)17(19)21-16(13-18)14-20-11-10-12-26(9,22-24(3,4)5)23-25(6,7)8;;;;/h2*19,21H,2,10-17H2,1,3-9H3;2*16,18H,1,10-14H2,2-9H3;4*1H4. The molecule has 0 aliphatic carbocycles. The molecular weight excluding hydrogens is 1660 g/mol. The second kappa shape index (κ2) is 62.0. The maximum Gasteiger partial charge on any atom is 0.333 e. The molecule has 0 fully saturated rings. The Morgan fingerprint density at radius 2 is 0.518 bits per heavy atom. The van der Waals surface area contributed by atoms with E-state index in [-0.39, 0.29) is 82.6 Å². The highest BCUT2D eigenvalue weighted by molar-refractivity contribution is 6.90. The van der Waals surface area contributed by atoms with Crippen LogP contribution in [0.25, 0.3) is 0 Å². The fourth-order valence-electron chi connectivity index (χ4n) is 11.4. The predicted octanol–water partition coefficient (Wildman–Crippen LogP) is 19.5. The van der Waals surface area contributed by atoms with Gasteiger partial charge in [0.2, 0.25) is 0 Å². The SMILES string of the molecule is C.C.C.C.C=C(C)C(=O)OC(CO)COCCC[Si](C)(C)O[Si](C)(C)O[Si](C)(C)CCCC.C=C(C)C(=O)OC(CO)COCCC[Si](C)(O[Si](C)(C)C)O[Si](C)(C)C.C=C(C)C(=O)OCC(O)COCCC[Si](C)(C)O[Si](C)(C)O[Si](C)(C)CCCC.C=C(C)C(=O)OCC(O)COCCC[Si](C)(O[Si](C)(C)C)O[Si](C)(C)C. The molecule has 0 saturated heterocycles. The second-order valence-corrected chi connectivity index (χ2v) is 87.0. The van der Waals surface area contributed by atoms with E-state index >= 15 is 0 Å². The average molecular weight is 1840 g/mol. The molecule has 0 rings (SSSR count). The van der Waals surface area contributed by atoms with E-state index in [2.05, 4.69) is 210 Å². The van der Waals surface area contributed by atoms with Gasteiger partial charge in [-0.1, -0.05) is 95.6 Å². The van der Waals surface area contributed by atoms with Crippen LogP contribution >= 0.6 is 0 Å². The predicted molar refractivity (Wildman–Crippen MR) is 505 cm³/mol. The zero-order valence-electron chi connectivity index (χ0n) is 75.5. The molecular formula is C78H180O24Si12. The Balaban J connectivity index is -0.000000217. The normalized spacial score (nSPS) is 13.6. The van der Waals surface area contributed by atoms with Gasteiger partial charge in [-0.15, -0.1) is 0 Å². The molecule has 0 bridgehead atoms. The minimum Gasteiger partial charge on any atom is -0.460 e. The van der Waals surface area contributed by atoms with Crippen LogP contribution in [0.15, 0.2) is 48.6 Å². The third-order valence-electron chi connectivity index (χ3n) is 14.8. The van der Waals surface area contributed by atoms with Gasteiger partial charge in [0.05, 0.1) is 39.6 Å². The molecule has 0 aromatic rings. The molecule has 114 heavy (non-hydrogen) atoms. The first-order valence-electron chi connectivity index (χ1n) is 39.6. The van der Waals surface area contributed by atoms with Crippen molar-refractivity contribution in [1.29, 1.82) is 0 Å². The van der Waals surface area contributed by atoms with Crippen molar-refractivity contribution in [3.63, 3.8) is 0 Å². The van der Waals surface area contributed by atoms with Gasteiger partial charge in [-0.25, -0.2) is 19.2 Å². The molecule has 0 aromatic heterocycles. The summed E-state index contributed by atoms with van der Waals surface area (Å²) in [4.78, 5) is 45.6. The van der Waals surface area contributed by atoms with Gasteiger partial charge in [0.15, 0.2) is 66.5 Å². The van der Waals surface area contributed by atoms with Crippen molar-refractivity contribution in [1.82, 2.24) is 0 Å². The maximum absolute atomic E-state index is 11.5. The quantitative estimate of drug-likeness (QED) is 0.0145. The van der Waals surface area contributed by atoms with Crippen LogP contribution in [-0.4, -0.2) is 249 Å². The molecule has 0 aliphatic rings. The Labute approximate surface area is 711 Å². The monoisotopic (exact) mass is 1840 g/mol. The Kier molecular flexibility index (Phi) is 69.8. The third-order valence-corrected chi connectivity index (χ3v) is 57.0. The van der Waals surface area contributed by atoms with Crippen LogP contribution in [0.4, 0.5) is 0 Å². The van der Waals surface area contributed by atoms with E-state index in [4.69, 9.17) is 70.8 Å². The smallest absolute Gasteiger partial charge is 0.333 e. The van der Waals surface area contributed by atoms with Crippen LogP contribution in [0.3, 0.4) is 0 Å². The van der Waals surface area contributed by atoms with E-state index in [0.717, 1.165) is 49.9 Å². The molecule has 24 nitrogen and oxygen atoms in total. The number of carbonyl (C=O) groups is 4. The number of aliphatic hydroxyl groups is 4. The molecule has 4 unspecified atom stereocenters. The van der Waals surface area contributed by atoms with Gasteiger partial charge in [0, 0.05) is 48.7 Å². The summed E-state index contributed by atoms with van der Waals surface area (Å²) in [6, 6.07) is 6.03. The van der Waals surface area contributed by atoms with Crippen LogP contribution in [0.2, 0.25) is 206 Å². The topological polar surface area (TPSA) is 297 Å². The first-order valence-corrected chi connectivity index (χ1v) is 76.4. The summed E-state index contributed by atoms with van der Waals surface area (Å²) in [6.45, 7) is 84.1. The van der Waals surface area contributed by atoms with Crippen molar-refractivity contribution in [3.8, 4) is 0 Å². The summed E-state index contributed by atoms with van der Waals surface area (Å²) < 4.78 is 94.3. The summed E-state index contributed by atoms with van der Waals surface area (Å²) >= 11 is 0. The van der Waals surface area contributed by atoms with Gasteiger partial charge < -0.3 is 91.2 Å². The molecule has 0 aromatic carbocycles. The zero-order valence-corrected chi connectivity index (χ0v) is 87.5. The highest BCUT2D eigenvalue weighted by Gasteiger charge is 2.44. The first kappa shape index (κ1) is 128. The number of hydrogen-bond acceptors (Lipinski definition) is 24. The van der Waals surface area contributed by atoms with Crippen molar-refractivity contribution in [2.75, 3.05) is 79.3 Å². The first-order chi connectivity index (χ1) is 49.7. The molecule has 0 amide bonds. The molecule has 0 heterocycles. The minimum absolute atomic E-state index is 0. The van der Waals surface area contributed by atoms with E-state index in [9.17, 15) is 39.6 Å². The van der Waals surface area contributed by atoms with Crippen molar-refractivity contribution < 1.29 is 110 Å². The van der Waals surface area contributed by atoms with Crippen molar-refractivity contribution >= 4 is 125 Å². The van der Waals surface area contributed by atoms with Crippen molar-refractivity contribution in [2.45, 2.75) is 354 Å². The number of esters is 4. The van der Waals surface area contributed by atoms with E-state index < -0.39 is 149 Å². The van der Waals surface area contributed by atoms with Gasteiger partial charge >= 0.3 is 58.1 Å². The van der Waals surface area contributed by atoms with E-state index in [1.165, 1.54) is 37.8 Å². The van der Waals surface area contributed by atoms with Gasteiger partial charge in [-0.3, -0.25) is 0 Å². The lowest BCUT2D eigenvalue weighted by molar-refractivity contribution is -0.150. The average Bonchev–Trinajstić information content (AvgIpc) is 0.855. The summed E-state index contributed by atoms with van der Waals surface area (Å²) in [7, 11) is -22.6. The van der Waals surface area contributed by atoms with Crippen LogP contribution in [0, 0.1) is 0 Å². The van der Waals surface area contributed by atoms with Gasteiger partial charge in [-0.05, 0) is 260 Å². The van der Waals surface area contributed by atoms with Crippen molar-refractivity contribution in [3.05, 3.63) is 48.6 Å². The molecule has 0 aliphatic heterocycles. The van der Waals surface area contributed by atoms with E-state index in [1.807, 2.05) is 0 Å². The zero-order chi connectivity index (χ0) is 86.6. The minimum atomic E-state index is -2.25. The molecule has 0 spiro atoms. The van der Waals surface area contributed by atoms with Crippen LogP contribution in [0.1, 0.15) is 123 Å². The number of hydrogen-bond donors (Lipinski definition) is 4. The second-order valence-electron chi connectivity index (χ2n) is 36.3. The summed E-state index contributed by atoms with van der Waals surface area (Å²) in [5, 5.41) is 38.2. The highest BCUT2D eigenvalue weighted by Crippen LogP contribution is 2.31. The Morgan fingerprint density at radius 1 is 0.307 bits per heavy atom. The number of aliphatic hydroxyl groups excluding tert-OH is 4. The molecule has 4 N–H and O–H groups in total. The number of unbranched alkanes of at least 4 members (excludes halogenated alkanes) is 2. The van der Waals surface area contributed by atoms with Crippen molar-refractivity contribution in [2.24, 2.45) is 0 Å². The van der Waals surface area contributed by atoms with Crippen LogP contribution in [-0.2, 0) is 90.0 Å². The van der Waals surface area contributed by atoms with Gasteiger partial charge in [0.25, 0.3) is 0 Å². The fourth-order valence-corrected chi connectivity index (χ4v) is 64.9. The molecule has 4 atom stereocenters. The molecule has 0 saturated carbocycles. The maximum atomic E-state index is 11.5. The Bertz CT molecular complexity index is 2600. The number of rotatable bonds is 58. The third kappa shape index (κ3) is 78.1. The summed E-state index contributed by atoms with van der Waals surface area (Å²) in [5.74, 6) is -2.02. The molecule has 36 heteroatoms. The highest BCUT2D eigenvalue weighted by atomic mass is 28.5. The van der Waals surface area contributed by atoms with Gasteiger partial charge in [-0.2, -0.15) is 0 Å². The lowest BCUT2D eigenvalue weighted by Gasteiger charge is -2.39. The lowest BCUT2D eigenvalue weighted by Crippen LogP contribution is -2.52. The lowest BCUT2D eigenvalue weighted by atomic mass is 10.3. The number of ether oxygens (including phenoxy) is 8. The molecule has 684 valence electrons. The summed E-state index contributed by atoms with van der Waals surface area (Å²) in [5.41, 5.74) is 1.24. The van der Waals surface area contributed by atoms with Crippen LogP contribution < -0.4 is 0 Å². The summed E-state index contributed by atoms with van der Waals surface area (Å²) in [6.07, 6.45) is 5.23. The largest absolute Gasteiger partial charge is 0.460 e. The van der Waals surface area contributed by atoms with E-state index in [0.29, 0.717) is 48.7 Å². The molecule has 0 radical (unpaired) electrons. The number of carbonyl (C=O) groups excluding carboxylic acids is 4. The van der Waals surface area contributed by atoms with Gasteiger partial charge in [0.1, 0.15) is 37.6 Å². The Morgan fingerprint density at radius 3 is 0.719 bits per heavy atom.